The largest absolute Gasteiger partial charge is 0.353 e. The van der Waals surface area contributed by atoms with Crippen LogP contribution in [0.15, 0.2) is 18.2 Å². The summed E-state index contributed by atoms with van der Waals surface area (Å²) in [7, 11) is 0. The number of piperidine rings is 1. The molecule has 3 fully saturated rings. The molecule has 1 aromatic carbocycles. The summed E-state index contributed by atoms with van der Waals surface area (Å²) in [5, 5.41) is 7.65. The third kappa shape index (κ3) is 3.81. The number of nitrogens with one attached hydrogen (secondary N) is 2. The van der Waals surface area contributed by atoms with E-state index in [1.807, 2.05) is 0 Å². The van der Waals surface area contributed by atoms with E-state index >= 15 is 0 Å². The molecular weight excluding hydrogens is 397 g/mol. The molecule has 0 spiro atoms. The van der Waals surface area contributed by atoms with Crippen LogP contribution in [0.4, 0.5) is 5.69 Å². The van der Waals surface area contributed by atoms with E-state index in [1.165, 1.54) is 12.8 Å². The summed E-state index contributed by atoms with van der Waals surface area (Å²) >= 11 is 12.2. The molecule has 8 heteroatoms. The Morgan fingerprint density at radius 1 is 1.15 bits per heavy atom. The highest BCUT2D eigenvalue weighted by Crippen LogP contribution is 2.34. The van der Waals surface area contributed by atoms with Gasteiger partial charge in [-0.2, -0.15) is 0 Å². The molecule has 1 aromatic rings. The standard InChI is InChI=1S/C18H21Cl2N3O2.ClH/c19-10-1-4-15(20)16(7-10)23-6-5-14(18(23)25)17(24)22-13-8-11-2-3-12(9-13)21-11;/h1,4,7,11-14,21H,2-3,5-6,8-9H2,(H,22,24);1H. The SMILES string of the molecule is Cl.O=C(NC1CC2CCC(C1)N2)C1CCN(c2cc(Cl)ccc2Cl)C1=O. The number of benzene rings is 1. The van der Waals surface area contributed by atoms with Crippen molar-refractivity contribution in [3.05, 3.63) is 28.2 Å². The first-order valence-corrected chi connectivity index (χ1v) is 9.59. The van der Waals surface area contributed by atoms with E-state index in [-0.39, 0.29) is 30.3 Å². The second kappa shape index (κ2) is 7.93. The summed E-state index contributed by atoms with van der Waals surface area (Å²) in [5.41, 5.74) is 0.578. The Bertz CT molecular complexity index is 703. The molecule has 26 heavy (non-hydrogen) atoms. The number of nitrogens with zero attached hydrogens (tertiary/aromatic N) is 1. The number of rotatable bonds is 3. The highest BCUT2D eigenvalue weighted by molar-refractivity contribution is 6.36. The van der Waals surface area contributed by atoms with Crippen LogP contribution in [0.2, 0.25) is 10.0 Å². The quantitative estimate of drug-likeness (QED) is 0.741. The van der Waals surface area contributed by atoms with Crippen LogP contribution < -0.4 is 15.5 Å². The van der Waals surface area contributed by atoms with Crippen LogP contribution in [0, 0.1) is 5.92 Å². The minimum absolute atomic E-state index is 0. The van der Waals surface area contributed by atoms with Gasteiger partial charge in [0.1, 0.15) is 5.92 Å². The molecule has 4 rings (SSSR count). The maximum Gasteiger partial charge on any atom is 0.239 e. The topological polar surface area (TPSA) is 61.4 Å². The van der Waals surface area contributed by atoms with E-state index < -0.39 is 5.92 Å². The molecule has 2 bridgehead atoms. The van der Waals surface area contributed by atoms with Crippen molar-refractivity contribution in [2.75, 3.05) is 11.4 Å². The number of hydrogen-bond acceptors (Lipinski definition) is 3. The first-order valence-electron chi connectivity index (χ1n) is 8.84. The molecule has 3 unspecified atom stereocenters. The van der Waals surface area contributed by atoms with E-state index in [0.717, 1.165) is 12.8 Å². The van der Waals surface area contributed by atoms with Gasteiger partial charge in [0.25, 0.3) is 0 Å². The molecule has 142 valence electrons. The Kier molecular flexibility index (Phi) is 6.02. The van der Waals surface area contributed by atoms with E-state index in [9.17, 15) is 9.59 Å². The highest BCUT2D eigenvalue weighted by Gasteiger charge is 2.40. The smallest absolute Gasteiger partial charge is 0.239 e. The summed E-state index contributed by atoms with van der Waals surface area (Å²) in [6.07, 6.45) is 4.77. The molecule has 3 saturated heterocycles. The van der Waals surface area contributed by atoms with Gasteiger partial charge >= 0.3 is 0 Å². The summed E-state index contributed by atoms with van der Waals surface area (Å²) in [6.45, 7) is 0.481. The molecule has 2 N–H and O–H groups in total. The van der Waals surface area contributed by atoms with Crippen molar-refractivity contribution in [2.45, 2.75) is 50.2 Å². The lowest BCUT2D eigenvalue weighted by Gasteiger charge is -2.30. The van der Waals surface area contributed by atoms with Crippen LogP contribution in [-0.4, -0.2) is 36.5 Å². The Labute approximate surface area is 169 Å². The lowest BCUT2D eigenvalue weighted by molar-refractivity contribution is -0.132. The Morgan fingerprint density at radius 3 is 2.54 bits per heavy atom. The molecule has 3 aliphatic heterocycles. The summed E-state index contributed by atoms with van der Waals surface area (Å²) in [5.74, 6) is -0.988. The lowest BCUT2D eigenvalue weighted by atomic mass is 9.98. The lowest BCUT2D eigenvalue weighted by Crippen LogP contribution is -2.50. The van der Waals surface area contributed by atoms with Crippen molar-refractivity contribution in [2.24, 2.45) is 5.92 Å². The van der Waals surface area contributed by atoms with Crippen LogP contribution in [0.5, 0.6) is 0 Å². The molecular formula is C18H22Cl3N3O2. The molecule has 5 nitrogen and oxygen atoms in total. The maximum absolute atomic E-state index is 12.7. The molecule has 0 radical (unpaired) electrons. The third-order valence-corrected chi connectivity index (χ3v) is 6.10. The second-order valence-corrected chi connectivity index (χ2v) is 8.09. The predicted octanol–water partition coefficient (Wildman–Crippen LogP) is 3.17. The minimum atomic E-state index is -0.636. The van der Waals surface area contributed by atoms with E-state index in [1.54, 1.807) is 23.1 Å². The van der Waals surface area contributed by atoms with E-state index in [4.69, 9.17) is 23.2 Å². The molecule has 0 aliphatic carbocycles. The predicted molar refractivity (Wildman–Crippen MR) is 105 cm³/mol. The zero-order valence-electron chi connectivity index (χ0n) is 14.2. The number of carbonyl (C=O) groups excluding carboxylic acids is 2. The van der Waals surface area contributed by atoms with Crippen molar-refractivity contribution >= 4 is 53.1 Å². The van der Waals surface area contributed by atoms with Gasteiger partial charge in [-0.05, 0) is 50.3 Å². The molecule has 3 atom stereocenters. The number of amides is 2. The van der Waals surface area contributed by atoms with Gasteiger partial charge in [-0.3, -0.25) is 9.59 Å². The number of carbonyl (C=O) groups is 2. The van der Waals surface area contributed by atoms with Gasteiger partial charge in [0.15, 0.2) is 0 Å². The fourth-order valence-electron chi connectivity index (χ4n) is 4.33. The molecule has 3 heterocycles. The summed E-state index contributed by atoms with van der Waals surface area (Å²) in [4.78, 5) is 27.0. The van der Waals surface area contributed by atoms with Gasteiger partial charge in [-0.25, -0.2) is 0 Å². The Balaban J connectivity index is 0.00000196. The fourth-order valence-corrected chi connectivity index (χ4v) is 4.72. The summed E-state index contributed by atoms with van der Waals surface area (Å²) < 4.78 is 0. The Hall–Kier alpha value is -1.01. The van der Waals surface area contributed by atoms with Crippen molar-refractivity contribution in [3.8, 4) is 0 Å². The van der Waals surface area contributed by atoms with Gasteiger partial charge in [-0.15, -0.1) is 12.4 Å². The van der Waals surface area contributed by atoms with Crippen molar-refractivity contribution in [3.63, 3.8) is 0 Å². The third-order valence-electron chi connectivity index (χ3n) is 5.54. The zero-order valence-corrected chi connectivity index (χ0v) is 16.5. The van der Waals surface area contributed by atoms with Gasteiger partial charge in [-0.1, -0.05) is 23.2 Å². The zero-order chi connectivity index (χ0) is 17.6. The molecule has 3 aliphatic rings. The number of fused-ring (bicyclic) bond motifs is 2. The number of halogens is 3. The van der Waals surface area contributed by atoms with Crippen LogP contribution >= 0.6 is 35.6 Å². The fraction of sp³-hybridized carbons (Fsp3) is 0.556. The van der Waals surface area contributed by atoms with Crippen LogP contribution in [0.25, 0.3) is 0 Å². The normalized spacial score (nSPS) is 30.2. The van der Waals surface area contributed by atoms with Crippen LogP contribution in [-0.2, 0) is 9.59 Å². The van der Waals surface area contributed by atoms with Gasteiger partial charge in [0, 0.05) is 29.7 Å². The monoisotopic (exact) mass is 417 g/mol. The van der Waals surface area contributed by atoms with Crippen LogP contribution in [0.1, 0.15) is 32.1 Å². The number of hydrogen-bond donors (Lipinski definition) is 2. The minimum Gasteiger partial charge on any atom is -0.353 e. The van der Waals surface area contributed by atoms with Crippen molar-refractivity contribution in [1.82, 2.24) is 10.6 Å². The molecule has 0 saturated carbocycles. The molecule has 0 aromatic heterocycles. The maximum atomic E-state index is 12.7. The van der Waals surface area contributed by atoms with Gasteiger partial charge < -0.3 is 15.5 Å². The summed E-state index contributed by atoms with van der Waals surface area (Å²) in [6, 6.07) is 6.21. The van der Waals surface area contributed by atoms with E-state index in [2.05, 4.69) is 10.6 Å². The van der Waals surface area contributed by atoms with Crippen molar-refractivity contribution < 1.29 is 9.59 Å². The highest BCUT2D eigenvalue weighted by atomic mass is 35.5. The van der Waals surface area contributed by atoms with Crippen molar-refractivity contribution in [1.29, 1.82) is 0 Å². The van der Waals surface area contributed by atoms with Gasteiger partial charge in [0.2, 0.25) is 11.8 Å². The van der Waals surface area contributed by atoms with Crippen LogP contribution in [0.3, 0.4) is 0 Å². The average molecular weight is 419 g/mol. The van der Waals surface area contributed by atoms with Gasteiger partial charge in [0.05, 0.1) is 10.7 Å². The second-order valence-electron chi connectivity index (χ2n) is 7.24. The molecule has 2 amide bonds. The first kappa shape index (κ1) is 19.7. The average Bonchev–Trinajstić information content (AvgIpc) is 3.12. The first-order chi connectivity index (χ1) is 12.0. The van der Waals surface area contributed by atoms with E-state index in [0.29, 0.717) is 40.8 Å². The number of anilines is 1. The Morgan fingerprint density at radius 2 is 1.85 bits per heavy atom.